The van der Waals surface area contributed by atoms with Crippen LogP contribution < -0.4 is 16.6 Å². The van der Waals surface area contributed by atoms with E-state index >= 15 is 0 Å². The summed E-state index contributed by atoms with van der Waals surface area (Å²) in [5, 5.41) is 7.61. The van der Waals surface area contributed by atoms with Crippen LogP contribution in [0.15, 0.2) is 15.5 Å². The number of nitrogens with two attached hydrogens (primary N) is 1. The van der Waals surface area contributed by atoms with Gasteiger partial charge < -0.3 is 11.1 Å². The van der Waals surface area contributed by atoms with Gasteiger partial charge in [0, 0.05) is 19.1 Å². The van der Waals surface area contributed by atoms with Gasteiger partial charge in [-0.15, -0.1) is 0 Å². The Bertz CT molecular complexity index is 496. The molecule has 3 N–H and O–H groups in total. The zero-order chi connectivity index (χ0) is 14.5. The molecule has 1 heterocycles. The van der Waals surface area contributed by atoms with Crippen LogP contribution in [0, 0.1) is 5.92 Å². The van der Waals surface area contributed by atoms with Crippen LogP contribution in [0.4, 0.5) is 5.69 Å². The van der Waals surface area contributed by atoms with E-state index < -0.39 is 0 Å². The van der Waals surface area contributed by atoms with Crippen molar-refractivity contribution >= 4 is 21.6 Å². The number of anilines is 1. The van der Waals surface area contributed by atoms with Gasteiger partial charge in [0.15, 0.2) is 0 Å². The fourth-order valence-corrected chi connectivity index (χ4v) is 3.29. The molecule has 5 nitrogen and oxygen atoms in total. The fraction of sp³-hybridized carbons (Fsp3) is 0.714. The summed E-state index contributed by atoms with van der Waals surface area (Å²) in [7, 11) is 0. The third-order valence-corrected chi connectivity index (χ3v) is 4.75. The van der Waals surface area contributed by atoms with Crippen molar-refractivity contribution in [3.05, 3.63) is 21.0 Å². The first-order valence-corrected chi connectivity index (χ1v) is 8.18. The van der Waals surface area contributed by atoms with E-state index in [4.69, 9.17) is 5.73 Å². The van der Waals surface area contributed by atoms with Crippen LogP contribution in [0.5, 0.6) is 0 Å². The highest BCUT2D eigenvalue weighted by Crippen LogP contribution is 2.29. The van der Waals surface area contributed by atoms with Crippen LogP contribution in [0.25, 0.3) is 0 Å². The molecule has 0 aromatic carbocycles. The first-order valence-electron chi connectivity index (χ1n) is 7.39. The predicted molar refractivity (Wildman–Crippen MR) is 84.9 cm³/mol. The Kier molecular flexibility index (Phi) is 5.60. The van der Waals surface area contributed by atoms with Crippen molar-refractivity contribution in [1.82, 2.24) is 9.78 Å². The Morgan fingerprint density at radius 2 is 2.25 bits per heavy atom. The van der Waals surface area contributed by atoms with Crippen molar-refractivity contribution < 1.29 is 0 Å². The molecular weight excluding hydrogens is 320 g/mol. The molecule has 0 aliphatic heterocycles. The van der Waals surface area contributed by atoms with E-state index in [1.165, 1.54) is 30.4 Å². The number of rotatable bonds is 6. The van der Waals surface area contributed by atoms with Gasteiger partial charge in [0.05, 0.1) is 11.9 Å². The molecule has 1 aliphatic rings. The number of aryl methyl sites for hydroxylation is 1. The van der Waals surface area contributed by atoms with Gasteiger partial charge in [0.25, 0.3) is 5.56 Å². The Hall–Kier alpha value is -0.880. The monoisotopic (exact) mass is 342 g/mol. The summed E-state index contributed by atoms with van der Waals surface area (Å²) in [5.74, 6) is 0.602. The van der Waals surface area contributed by atoms with Crippen molar-refractivity contribution in [2.24, 2.45) is 11.7 Å². The maximum absolute atomic E-state index is 12.2. The summed E-state index contributed by atoms with van der Waals surface area (Å²) in [4.78, 5) is 12.2. The molecule has 1 aromatic rings. The minimum absolute atomic E-state index is 0.0842. The van der Waals surface area contributed by atoms with Gasteiger partial charge in [0.1, 0.15) is 4.47 Å². The summed E-state index contributed by atoms with van der Waals surface area (Å²) in [5.41, 5.74) is 6.55. The Labute approximate surface area is 128 Å². The summed E-state index contributed by atoms with van der Waals surface area (Å²) >= 11 is 3.39. The third kappa shape index (κ3) is 3.41. The van der Waals surface area contributed by atoms with Gasteiger partial charge in [0.2, 0.25) is 0 Å². The van der Waals surface area contributed by atoms with Crippen LogP contribution in [0.1, 0.15) is 39.0 Å². The average Bonchev–Trinajstić information content (AvgIpc) is 2.97. The molecule has 1 unspecified atom stereocenters. The third-order valence-electron chi connectivity index (χ3n) is 3.98. The van der Waals surface area contributed by atoms with E-state index in [1.54, 1.807) is 6.20 Å². The molecule has 1 aromatic heterocycles. The molecule has 1 atom stereocenters. The lowest BCUT2D eigenvalue weighted by atomic mass is 9.98. The van der Waals surface area contributed by atoms with Crippen LogP contribution >= 0.6 is 15.9 Å². The van der Waals surface area contributed by atoms with E-state index in [9.17, 15) is 4.79 Å². The van der Waals surface area contributed by atoms with E-state index in [0.29, 0.717) is 23.5 Å². The van der Waals surface area contributed by atoms with Crippen molar-refractivity contribution in [1.29, 1.82) is 0 Å². The maximum Gasteiger partial charge on any atom is 0.283 e. The number of hydrogen-bond acceptors (Lipinski definition) is 4. The average molecular weight is 343 g/mol. The number of hydrogen-bond donors (Lipinski definition) is 2. The lowest BCUT2D eigenvalue weighted by molar-refractivity contribution is 0.461. The largest absolute Gasteiger partial charge is 0.378 e. The van der Waals surface area contributed by atoms with E-state index in [1.807, 2.05) is 6.92 Å². The Morgan fingerprint density at radius 3 is 2.85 bits per heavy atom. The van der Waals surface area contributed by atoms with Crippen molar-refractivity contribution in [2.75, 3.05) is 11.9 Å². The van der Waals surface area contributed by atoms with Gasteiger partial charge >= 0.3 is 0 Å². The quantitative estimate of drug-likeness (QED) is 0.832. The maximum atomic E-state index is 12.2. The fourth-order valence-electron chi connectivity index (χ4n) is 2.87. The van der Waals surface area contributed by atoms with Crippen LogP contribution in [-0.2, 0) is 6.54 Å². The lowest BCUT2D eigenvalue weighted by Gasteiger charge is -2.24. The lowest BCUT2D eigenvalue weighted by Crippen LogP contribution is -2.36. The number of nitrogens with zero attached hydrogens (tertiary/aromatic N) is 2. The number of aromatic nitrogens is 2. The summed E-state index contributed by atoms with van der Waals surface area (Å²) in [6, 6.07) is 0.219. The van der Waals surface area contributed by atoms with Crippen molar-refractivity contribution in [2.45, 2.75) is 51.6 Å². The van der Waals surface area contributed by atoms with Crippen LogP contribution in [0.2, 0.25) is 0 Å². The van der Waals surface area contributed by atoms with Crippen molar-refractivity contribution in [3.63, 3.8) is 0 Å². The molecule has 6 heteroatoms. The van der Waals surface area contributed by atoms with Gasteiger partial charge in [-0.1, -0.05) is 19.8 Å². The highest BCUT2D eigenvalue weighted by molar-refractivity contribution is 9.10. The molecule has 1 aliphatic carbocycles. The zero-order valence-corrected chi connectivity index (χ0v) is 13.5. The van der Waals surface area contributed by atoms with Gasteiger partial charge in [-0.05, 0) is 41.1 Å². The summed E-state index contributed by atoms with van der Waals surface area (Å²) < 4.78 is 2.04. The minimum atomic E-state index is -0.0842. The predicted octanol–water partition coefficient (Wildman–Crippen LogP) is 2.35. The normalized spacial score (nSPS) is 17.4. The SMILES string of the molecule is CCCn1ncc(NC(CN)C2CCCC2)c(Br)c1=O. The van der Waals surface area contributed by atoms with Crippen molar-refractivity contribution in [3.8, 4) is 0 Å². The van der Waals surface area contributed by atoms with Crippen LogP contribution in [-0.4, -0.2) is 22.4 Å². The van der Waals surface area contributed by atoms with E-state index in [-0.39, 0.29) is 11.6 Å². The van der Waals surface area contributed by atoms with Gasteiger partial charge in [-0.2, -0.15) is 5.10 Å². The molecule has 20 heavy (non-hydrogen) atoms. The van der Waals surface area contributed by atoms with Gasteiger partial charge in [-0.3, -0.25) is 4.79 Å². The first-order chi connectivity index (χ1) is 9.67. The molecule has 112 valence electrons. The second-order valence-corrected chi connectivity index (χ2v) is 6.22. The molecular formula is C14H23BrN4O. The smallest absolute Gasteiger partial charge is 0.283 e. The topological polar surface area (TPSA) is 72.9 Å². The Morgan fingerprint density at radius 1 is 1.55 bits per heavy atom. The molecule has 2 rings (SSSR count). The van der Waals surface area contributed by atoms with Gasteiger partial charge in [-0.25, -0.2) is 4.68 Å². The molecule has 0 radical (unpaired) electrons. The molecule has 0 bridgehead atoms. The van der Waals surface area contributed by atoms with Crippen LogP contribution in [0.3, 0.4) is 0 Å². The molecule has 1 saturated carbocycles. The molecule has 1 fully saturated rings. The molecule has 0 amide bonds. The first kappa shape index (κ1) is 15.5. The van der Waals surface area contributed by atoms with E-state index in [0.717, 1.165) is 12.1 Å². The highest BCUT2D eigenvalue weighted by Gasteiger charge is 2.24. The van der Waals surface area contributed by atoms with E-state index in [2.05, 4.69) is 26.3 Å². The summed E-state index contributed by atoms with van der Waals surface area (Å²) in [6.45, 7) is 3.24. The zero-order valence-electron chi connectivity index (χ0n) is 11.9. The second-order valence-electron chi connectivity index (χ2n) is 5.43. The minimum Gasteiger partial charge on any atom is -0.378 e. The second kappa shape index (κ2) is 7.22. The number of nitrogens with one attached hydrogen (secondary N) is 1. The highest BCUT2D eigenvalue weighted by atomic mass is 79.9. The number of halogens is 1. The summed E-state index contributed by atoms with van der Waals surface area (Å²) in [6.07, 6.45) is 7.60. The standard InChI is InChI=1S/C14H23BrN4O/c1-2-7-19-14(20)13(15)12(9-17-19)18-11(8-16)10-5-3-4-6-10/h9-11,18H,2-8,16H2,1H3. The molecule has 0 saturated heterocycles. The molecule has 0 spiro atoms. The Balaban J connectivity index is 2.16.